The van der Waals surface area contributed by atoms with Gasteiger partial charge in [-0.2, -0.15) is 0 Å². The van der Waals surface area contributed by atoms with Gasteiger partial charge in [0, 0.05) is 19.6 Å². The molecule has 0 aromatic heterocycles. The van der Waals surface area contributed by atoms with Gasteiger partial charge in [-0.25, -0.2) is 0 Å². The van der Waals surface area contributed by atoms with E-state index in [1.807, 2.05) is 0 Å². The van der Waals surface area contributed by atoms with E-state index in [-0.39, 0.29) is 17.9 Å². The Morgan fingerprint density at radius 1 is 1.53 bits per heavy atom. The lowest BCUT2D eigenvalue weighted by atomic mass is 9.89. The molecule has 1 rings (SSSR count). The second-order valence-electron chi connectivity index (χ2n) is 5.14. The molecule has 0 bridgehead atoms. The first-order valence-corrected chi connectivity index (χ1v) is 5.62. The fourth-order valence-electron chi connectivity index (χ4n) is 1.56. The number of hydrogen-bond donors (Lipinski definition) is 3. The van der Waals surface area contributed by atoms with E-state index in [2.05, 4.69) is 24.5 Å². The van der Waals surface area contributed by atoms with Gasteiger partial charge in [-0.3, -0.25) is 4.79 Å². The summed E-state index contributed by atoms with van der Waals surface area (Å²) in [6.07, 6.45) is 1.35. The Hall–Kier alpha value is -0.610. The third kappa shape index (κ3) is 4.62. The molecule has 0 aromatic rings. The summed E-state index contributed by atoms with van der Waals surface area (Å²) in [5.41, 5.74) is -0.0116. The van der Waals surface area contributed by atoms with E-state index in [1.165, 1.54) is 0 Å². The zero-order valence-electron chi connectivity index (χ0n) is 9.68. The molecular formula is C11H22N2O2. The van der Waals surface area contributed by atoms with E-state index in [0.717, 1.165) is 19.5 Å². The van der Waals surface area contributed by atoms with Crippen LogP contribution in [-0.4, -0.2) is 37.3 Å². The van der Waals surface area contributed by atoms with Gasteiger partial charge in [-0.1, -0.05) is 13.8 Å². The number of rotatable bonds is 6. The SMILES string of the molecule is CC(C)(CCO)CNC(=O)CC1CNC1. The van der Waals surface area contributed by atoms with Crippen molar-refractivity contribution in [1.82, 2.24) is 10.6 Å². The summed E-state index contributed by atoms with van der Waals surface area (Å²) < 4.78 is 0. The lowest BCUT2D eigenvalue weighted by Gasteiger charge is -2.28. The summed E-state index contributed by atoms with van der Waals surface area (Å²) in [7, 11) is 0. The van der Waals surface area contributed by atoms with Crippen molar-refractivity contribution in [2.75, 3.05) is 26.2 Å². The molecule has 0 atom stereocenters. The van der Waals surface area contributed by atoms with E-state index >= 15 is 0 Å². The third-order valence-electron chi connectivity index (χ3n) is 2.89. The molecule has 15 heavy (non-hydrogen) atoms. The van der Waals surface area contributed by atoms with Gasteiger partial charge < -0.3 is 15.7 Å². The third-order valence-corrected chi connectivity index (χ3v) is 2.89. The first-order valence-electron chi connectivity index (χ1n) is 5.62. The number of carbonyl (C=O) groups is 1. The van der Waals surface area contributed by atoms with Crippen LogP contribution in [0.2, 0.25) is 0 Å². The Kier molecular flexibility index (Phi) is 4.54. The van der Waals surface area contributed by atoms with Gasteiger partial charge in [-0.15, -0.1) is 0 Å². The summed E-state index contributed by atoms with van der Waals surface area (Å²) >= 11 is 0. The van der Waals surface area contributed by atoms with Crippen LogP contribution in [0.4, 0.5) is 0 Å². The zero-order valence-corrected chi connectivity index (χ0v) is 9.68. The van der Waals surface area contributed by atoms with Gasteiger partial charge in [0.05, 0.1) is 0 Å². The number of amides is 1. The van der Waals surface area contributed by atoms with E-state index in [0.29, 0.717) is 18.9 Å². The molecule has 0 aromatic carbocycles. The molecule has 0 spiro atoms. The number of aliphatic hydroxyl groups is 1. The fourth-order valence-corrected chi connectivity index (χ4v) is 1.56. The molecule has 4 nitrogen and oxygen atoms in total. The van der Waals surface area contributed by atoms with Gasteiger partial charge in [0.25, 0.3) is 0 Å². The average Bonchev–Trinajstić information content (AvgIpc) is 2.08. The van der Waals surface area contributed by atoms with Crippen molar-refractivity contribution in [2.24, 2.45) is 11.3 Å². The molecule has 3 N–H and O–H groups in total. The van der Waals surface area contributed by atoms with Crippen molar-refractivity contribution in [3.05, 3.63) is 0 Å². The topological polar surface area (TPSA) is 61.4 Å². The average molecular weight is 214 g/mol. The Labute approximate surface area is 91.4 Å². The Morgan fingerprint density at radius 2 is 2.20 bits per heavy atom. The molecule has 1 aliphatic rings. The molecule has 4 heteroatoms. The first kappa shape index (κ1) is 12.5. The Balaban J connectivity index is 2.14. The molecule has 1 amide bonds. The molecule has 1 fully saturated rings. The monoisotopic (exact) mass is 214 g/mol. The van der Waals surface area contributed by atoms with Gasteiger partial charge in [0.1, 0.15) is 0 Å². The van der Waals surface area contributed by atoms with E-state index in [1.54, 1.807) is 0 Å². The zero-order chi connectivity index (χ0) is 11.3. The van der Waals surface area contributed by atoms with Gasteiger partial charge in [0.2, 0.25) is 5.91 Å². The Morgan fingerprint density at radius 3 is 2.67 bits per heavy atom. The van der Waals surface area contributed by atoms with Crippen molar-refractivity contribution >= 4 is 5.91 Å². The molecule has 1 saturated heterocycles. The van der Waals surface area contributed by atoms with E-state index in [9.17, 15) is 4.79 Å². The van der Waals surface area contributed by atoms with Crippen molar-refractivity contribution in [3.63, 3.8) is 0 Å². The maximum absolute atomic E-state index is 11.5. The predicted molar refractivity (Wildman–Crippen MR) is 59.5 cm³/mol. The van der Waals surface area contributed by atoms with E-state index < -0.39 is 0 Å². The predicted octanol–water partition coefficient (Wildman–Crippen LogP) is 0.121. The van der Waals surface area contributed by atoms with Crippen LogP contribution < -0.4 is 10.6 Å². The van der Waals surface area contributed by atoms with Crippen LogP contribution in [-0.2, 0) is 4.79 Å². The maximum Gasteiger partial charge on any atom is 0.220 e. The molecule has 0 saturated carbocycles. The number of aliphatic hydroxyl groups excluding tert-OH is 1. The standard InChI is InChI=1S/C11H22N2O2/c1-11(2,3-4-14)8-13-10(15)5-9-6-12-7-9/h9,12,14H,3-8H2,1-2H3,(H,13,15). The summed E-state index contributed by atoms with van der Waals surface area (Å²) in [5.74, 6) is 0.651. The second-order valence-corrected chi connectivity index (χ2v) is 5.14. The van der Waals surface area contributed by atoms with Crippen LogP contribution in [0.5, 0.6) is 0 Å². The minimum Gasteiger partial charge on any atom is -0.396 e. The lowest BCUT2D eigenvalue weighted by molar-refractivity contribution is -0.122. The van der Waals surface area contributed by atoms with Crippen LogP contribution in [0.1, 0.15) is 26.7 Å². The highest BCUT2D eigenvalue weighted by Gasteiger charge is 2.22. The molecule has 0 unspecified atom stereocenters. The number of carbonyl (C=O) groups excluding carboxylic acids is 1. The van der Waals surface area contributed by atoms with Crippen molar-refractivity contribution in [2.45, 2.75) is 26.7 Å². The lowest BCUT2D eigenvalue weighted by Crippen LogP contribution is -2.45. The highest BCUT2D eigenvalue weighted by Crippen LogP contribution is 2.18. The molecule has 1 heterocycles. The maximum atomic E-state index is 11.5. The summed E-state index contributed by atoms with van der Waals surface area (Å²) in [4.78, 5) is 11.5. The van der Waals surface area contributed by atoms with Crippen LogP contribution >= 0.6 is 0 Å². The smallest absolute Gasteiger partial charge is 0.220 e. The Bertz CT molecular complexity index is 213. The van der Waals surface area contributed by atoms with Crippen LogP contribution in [0, 0.1) is 11.3 Å². The summed E-state index contributed by atoms with van der Waals surface area (Å²) in [6.45, 7) is 6.85. The van der Waals surface area contributed by atoms with Crippen molar-refractivity contribution in [1.29, 1.82) is 0 Å². The van der Waals surface area contributed by atoms with Gasteiger partial charge in [0.15, 0.2) is 0 Å². The number of nitrogens with one attached hydrogen (secondary N) is 2. The quantitative estimate of drug-likeness (QED) is 0.588. The van der Waals surface area contributed by atoms with Crippen LogP contribution in [0.15, 0.2) is 0 Å². The number of hydrogen-bond acceptors (Lipinski definition) is 3. The molecule has 1 aliphatic heterocycles. The molecule has 88 valence electrons. The van der Waals surface area contributed by atoms with Crippen molar-refractivity contribution in [3.8, 4) is 0 Å². The molecular weight excluding hydrogens is 192 g/mol. The van der Waals surface area contributed by atoms with Crippen LogP contribution in [0.25, 0.3) is 0 Å². The summed E-state index contributed by atoms with van der Waals surface area (Å²) in [5, 5.41) is 14.9. The molecule has 0 radical (unpaired) electrons. The minimum atomic E-state index is -0.0116. The van der Waals surface area contributed by atoms with Gasteiger partial charge >= 0.3 is 0 Å². The largest absolute Gasteiger partial charge is 0.396 e. The fraction of sp³-hybridized carbons (Fsp3) is 0.909. The molecule has 0 aliphatic carbocycles. The first-order chi connectivity index (χ1) is 7.03. The van der Waals surface area contributed by atoms with Crippen molar-refractivity contribution < 1.29 is 9.90 Å². The van der Waals surface area contributed by atoms with Crippen LogP contribution in [0.3, 0.4) is 0 Å². The summed E-state index contributed by atoms with van der Waals surface area (Å²) in [6, 6.07) is 0. The second kappa shape index (κ2) is 5.47. The normalized spacial score (nSPS) is 17.3. The highest BCUT2D eigenvalue weighted by molar-refractivity contribution is 5.76. The minimum absolute atomic E-state index is 0.0116. The van der Waals surface area contributed by atoms with Gasteiger partial charge in [-0.05, 0) is 30.8 Å². The van der Waals surface area contributed by atoms with E-state index in [4.69, 9.17) is 5.11 Å². The highest BCUT2D eigenvalue weighted by atomic mass is 16.3.